The highest BCUT2D eigenvalue weighted by atomic mass is 19.1. The second kappa shape index (κ2) is 7.23. The minimum absolute atomic E-state index is 0.0177. The highest BCUT2D eigenvalue weighted by Crippen LogP contribution is 2.28. The topological polar surface area (TPSA) is 59.8 Å². The molecule has 4 rings (SSSR count). The third kappa shape index (κ3) is 3.45. The fourth-order valence-electron chi connectivity index (χ4n) is 3.63. The van der Waals surface area contributed by atoms with Crippen molar-refractivity contribution in [2.75, 3.05) is 5.32 Å². The van der Waals surface area contributed by atoms with Crippen LogP contribution in [0.2, 0.25) is 0 Å². The SMILES string of the molecule is O=c1ccc2cnc(Nc3ccc(F)cc3)nc2n1C1CCCCCC1. The molecular formula is C20H21FN4O. The third-order valence-electron chi connectivity index (χ3n) is 4.96. The molecule has 2 heterocycles. The molecule has 0 amide bonds. The van der Waals surface area contributed by atoms with Gasteiger partial charge in [-0.3, -0.25) is 9.36 Å². The number of hydrogen-bond acceptors (Lipinski definition) is 4. The van der Waals surface area contributed by atoms with Crippen LogP contribution in [0.5, 0.6) is 0 Å². The Balaban J connectivity index is 1.74. The average molecular weight is 352 g/mol. The van der Waals surface area contributed by atoms with Crippen LogP contribution in [0.3, 0.4) is 0 Å². The summed E-state index contributed by atoms with van der Waals surface area (Å²) in [6.45, 7) is 0. The molecule has 0 atom stereocenters. The van der Waals surface area contributed by atoms with Crippen molar-refractivity contribution in [3.05, 3.63) is 58.8 Å². The number of nitrogens with one attached hydrogen (secondary N) is 1. The van der Waals surface area contributed by atoms with Gasteiger partial charge in [0.05, 0.1) is 0 Å². The van der Waals surface area contributed by atoms with E-state index in [4.69, 9.17) is 0 Å². The van der Waals surface area contributed by atoms with Gasteiger partial charge < -0.3 is 5.32 Å². The Labute approximate surface area is 150 Å². The van der Waals surface area contributed by atoms with Crippen molar-refractivity contribution in [1.29, 1.82) is 0 Å². The summed E-state index contributed by atoms with van der Waals surface area (Å²) in [6, 6.07) is 9.58. The molecule has 1 saturated carbocycles. The highest BCUT2D eigenvalue weighted by Gasteiger charge is 2.18. The van der Waals surface area contributed by atoms with Crippen molar-refractivity contribution in [2.24, 2.45) is 0 Å². The zero-order valence-electron chi connectivity index (χ0n) is 14.5. The summed E-state index contributed by atoms with van der Waals surface area (Å²) in [4.78, 5) is 21.5. The van der Waals surface area contributed by atoms with Gasteiger partial charge in [-0.25, -0.2) is 9.37 Å². The summed E-state index contributed by atoms with van der Waals surface area (Å²) in [5.74, 6) is 0.106. The van der Waals surface area contributed by atoms with Crippen LogP contribution in [0.15, 0.2) is 47.4 Å². The lowest BCUT2D eigenvalue weighted by atomic mass is 10.1. The van der Waals surface area contributed by atoms with E-state index in [0.29, 0.717) is 17.3 Å². The van der Waals surface area contributed by atoms with Crippen LogP contribution in [0, 0.1) is 5.82 Å². The molecule has 0 radical (unpaired) electrons. The molecule has 5 nitrogen and oxygen atoms in total. The summed E-state index contributed by atoms with van der Waals surface area (Å²) >= 11 is 0. The van der Waals surface area contributed by atoms with Crippen LogP contribution in [0.1, 0.15) is 44.6 Å². The fraction of sp³-hybridized carbons (Fsp3) is 0.350. The van der Waals surface area contributed by atoms with Crippen molar-refractivity contribution < 1.29 is 4.39 Å². The lowest BCUT2D eigenvalue weighted by molar-refractivity contribution is 0.442. The molecule has 1 aliphatic carbocycles. The Morgan fingerprint density at radius 2 is 1.73 bits per heavy atom. The summed E-state index contributed by atoms with van der Waals surface area (Å²) in [5, 5.41) is 3.93. The predicted molar refractivity (Wildman–Crippen MR) is 100 cm³/mol. The third-order valence-corrected chi connectivity index (χ3v) is 4.96. The van der Waals surface area contributed by atoms with Crippen molar-refractivity contribution in [3.8, 4) is 0 Å². The molecule has 0 unspecified atom stereocenters. The van der Waals surface area contributed by atoms with Crippen LogP contribution in [0.25, 0.3) is 11.0 Å². The first-order chi connectivity index (χ1) is 12.7. The van der Waals surface area contributed by atoms with Gasteiger partial charge in [-0.05, 0) is 43.2 Å². The van der Waals surface area contributed by atoms with Crippen molar-refractivity contribution in [1.82, 2.24) is 14.5 Å². The zero-order chi connectivity index (χ0) is 17.9. The van der Waals surface area contributed by atoms with Crippen LogP contribution in [-0.4, -0.2) is 14.5 Å². The van der Waals surface area contributed by atoms with E-state index in [1.54, 1.807) is 30.5 Å². The Bertz CT molecular complexity index is 960. The maximum absolute atomic E-state index is 13.1. The predicted octanol–water partition coefficient (Wildman–Crippen LogP) is 4.57. The maximum atomic E-state index is 13.1. The molecule has 0 saturated heterocycles. The van der Waals surface area contributed by atoms with Gasteiger partial charge in [0.1, 0.15) is 11.5 Å². The van der Waals surface area contributed by atoms with Crippen LogP contribution in [-0.2, 0) is 0 Å². The smallest absolute Gasteiger partial charge is 0.252 e. The summed E-state index contributed by atoms with van der Waals surface area (Å²) < 4.78 is 14.9. The van der Waals surface area contributed by atoms with Crippen LogP contribution in [0.4, 0.5) is 16.0 Å². The normalized spacial score (nSPS) is 15.7. The molecule has 1 fully saturated rings. The molecule has 3 aromatic rings. The van der Waals surface area contributed by atoms with Crippen LogP contribution >= 0.6 is 0 Å². The largest absolute Gasteiger partial charge is 0.324 e. The number of nitrogens with zero attached hydrogens (tertiary/aromatic N) is 3. The summed E-state index contributed by atoms with van der Waals surface area (Å²) in [5.41, 5.74) is 1.34. The number of rotatable bonds is 3. The van der Waals surface area contributed by atoms with Crippen LogP contribution < -0.4 is 10.9 Å². The lowest BCUT2D eigenvalue weighted by Gasteiger charge is -2.19. The van der Waals surface area contributed by atoms with Gasteiger partial charge in [0.2, 0.25) is 5.95 Å². The Morgan fingerprint density at radius 1 is 1.00 bits per heavy atom. The van der Waals surface area contributed by atoms with E-state index < -0.39 is 0 Å². The van der Waals surface area contributed by atoms with E-state index in [9.17, 15) is 9.18 Å². The number of halogens is 1. The molecule has 134 valence electrons. The van der Waals surface area contributed by atoms with Crippen molar-refractivity contribution in [3.63, 3.8) is 0 Å². The highest BCUT2D eigenvalue weighted by molar-refractivity contribution is 5.75. The number of aromatic nitrogens is 3. The van der Waals surface area contributed by atoms with Gasteiger partial charge in [0, 0.05) is 29.4 Å². The minimum atomic E-state index is -0.294. The van der Waals surface area contributed by atoms with Gasteiger partial charge >= 0.3 is 0 Å². The fourth-order valence-corrected chi connectivity index (χ4v) is 3.63. The van der Waals surface area contributed by atoms with Gasteiger partial charge in [-0.2, -0.15) is 4.98 Å². The molecule has 0 bridgehead atoms. The van der Waals surface area contributed by atoms with E-state index >= 15 is 0 Å². The first kappa shape index (κ1) is 16.7. The number of anilines is 2. The van der Waals surface area contributed by atoms with Gasteiger partial charge in [-0.15, -0.1) is 0 Å². The molecular weight excluding hydrogens is 331 g/mol. The first-order valence-corrected chi connectivity index (χ1v) is 9.11. The van der Waals surface area contributed by atoms with E-state index in [1.165, 1.54) is 25.0 Å². The number of benzene rings is 1. The van der Waals surface area contributed by atoms with Gasteiger partial charge in [0.25, 0.3) is 5.56 Å². The van der Waals surface area contributed by atoms with E-state index in [0.717, 1.165) is 31.1 Å². The van der Waals surface area contributed by atoms with E-state index in [-0.39, 0.29) is 17.4 Å². The van der Waals surface area contributed by atoms with E-state index in [2.05, 4.69) is 15.3 Å². The number of fused-ring (bicyclic) bond motifs is 1. The Morgan fingerprint density at radius 3 is 2.46 bits per heavy atom. The van der Waals surface area contributed by atoms with Crippen molar-refractivity contribution >= 4 is 22.7 Å². The maximum Gasteiger partial charge on any atom is 0.252 e. The summed E-state index contributed by atoms with van der Waals surface area (Å²) in [6.07, 6.45) is 8.46. The molecule has 1 aromatic carbocycles. The van der Waals surface area contributed by atoms with Gasteiger partial charge in [-0.1, -0.05) is 25.7 Å². The molecule has 1 N–H and O–H groups in total. The Hall–Kier alpha value is -2.76. The molecule has 1 aliphatic rings. The standard InChI is InChI=1S/C20H21FN4O/c21-15-8-10-16(11-9-15)23-20-22-13-14-7-12-18(26)25(19(14)24-20)17-5-3-1-2-4-6-17/h7-13,17H,1-6H2,(H,22,23,24). The minimum Gasteiger partial charge on any atom is -0.324 e. The average Bonchev–Trinajstić information content (AvgIpc) is 2.93. The number of hydrogen-bond donors (Lipinski definition) is 1. The zero-order valence-corrected chi connectivity index (χ0v) is 14.5. The first-order valence-electron chi connectivity index (χ1n) is 9.11. The van der Waals surface area contributed by atoms with Gasteiger partial charge in [0.15, 0.2) is 0 Å². The molecule has 26 heavy (non-hydrogen) atoms. The molecule has 0 spiro atoms. The second-order valence-electron chi connectivity index (χ2n) is 6.79. The molecule has 6 heteroatoms. The van der Waals surface area contributed by atoms with E-state index in [1.807, 2.05) is 4.57 Å². The monoisotopic (exact) mass is 352 g/mol. The quantitative estimate of drug-likeness (QED) is 0.702. The molecule has 2 aromatic heterocycles. The Kier molecular flexibility index (Phi) is 4.65. The lowest BCUT2D eigenvalue weighted by Crippen LogP contribution is -2.25. The number of pyridine rings is 1. The molecule has 0 aliphatic heterocycles. The summed E-state index contributed by atoms with van der Waals surface area (Å²) in [7, 11) is 0. The van der Waals surface area contributed by atoms with Crippen molar-refractivity contribution in [2.45, 2.75) is 44.6 Å². The second-order valence-corrected chi connectivity index (χ2v) is 6.79.